The van der Waals surface area contributed by atoms with Gasteiger partial charge in [0.05, 0.1) is 25.5 Å². The first-order valence-corrected chi connectivity index (χ1v) is 9.77. The molecule has 0 saturated carbocycles. The van der Waals surface area contributed by atoms with Gasteiger partial charge in [-0.2, -0.15) is 0 Å². The highest BCUT2D eigenvalue weighted by Gasteiger charge is 2.21. The van der Waals surface area contributed by atoms with Crippen LogP contribution in [0.3, 0.4) is 0 Å². The topological polar surface area (TPSA) is 65.0 Å². The van der Waals surface area contributed by atoms with Crippen LogP contribution in [0.1, 0.15) is 31.1 Å². The Balaban J connectivity index is 1.64. The van der Waals surface area contributed by atoms with Crippen molar-refractivity contribution in [3.05, 3.63) is 64.4 Å². The van der Waals surface area contributed by atoms with E-state index >= 15 is 0 Å². The Kier molecular flexibility index (Phi) is 5.78. The van der Waals surface area contributed by atoms with E-state index in [2.05, 4.69) is 4.90 Å². The van der Waals surface area contributed by atoms with Crippen molar-refractivity contribution in [1.29, 1.82) is 0 Å². The average molecular weight is 383 g/mol. The van der Waals surface area contributed by atoms with Crippen LogP contribution in [0.2, 0.25) is 0 Å². The highest BCUT2D eigenvalue weighted by molar-refractivity contribution is 5.81. The summed E-state index contributed by atoms with van der Waals surface area (Å²) < 4.78 is 22.4. The van der Waals surface area contributed by atoms with Gasteiger partial charge in [-0.25, -0.2) is 4.79 Å². The highest BCUT2D eigenvalue weighted by atomic mass is 16.5. The molecule has 0 aliphatic carbocycles. The second kappa shape index (κ2) is 8.63. The summed E-state index contributed by atoms with van der Waals surface area (Å²) in [5.41, 5.74) is 1.14. The van der Waals surface area contributed by atoms with Gasteiger partial charge in [-0.15, -0.1) is 0 Å². The Morgan fingerprint density at radius 1 is 1.21 bits per heavy atom. The number of benzene rings is 1. The van der Waals surface area contributed by atoms with Gasteiger partial charge in [-0.3, -0.25) is 4.90 Å². The van der Waals surface area contributed by atoms with Crippen molar-refractivity contribution in [2.24, 2.45) is 0 Å². The van der Waals surface area contributed by atoms with E-state index in [1.54, 1.807) is 18.4 Å². The van der Waals surface area contributed by atoms with Crippen molar-refractivity contribution in [2.45, 2.75) is 39.0 Å². The number of hydrogen-bond acceptors (Lipinski definition) is 6. The molecule has 1 aliphatic heterocycles. The first-order chi connectivity index (χ1) is 13.7. The van der Waals surface area contributed by atoms with Gasteiger partial charge in [0.1, 0.15) is 17.1 Å². The molecule has 1 aromatic carbocycles. The van der Waals surface area contributed by atoms with Crippen molar-refractivity contribution in [3.63, 3.8) is 0 Å². The normalized spacial score (nSPS) is 16.9. The Hall–Kier alpha value is -2.57. The molecule has 0 unspecified atom stereocenters. The molecule has 0 spiro atoms. The van der Waals surface area contributed by atoms with Gasteiger partial charge >= 0.3 is 5.63 Å². The zero-order valence-corrected chi connectivity index (χ0v) is 16.1. The molecule has 148 valence electrons. The SMILES string of the molecule is CCOc1ccc2oc(=O)cc(CN(Cc3ccco3)C[C@@H]3CCCO3)c2c1. The quantitative estimate of drug-likeness (QED) is 0.549. The van der Waals surface area contributed by atoms with Gasteiger partial charge in [0, 0.05) is 31.1 Å². The van der Waals surface area contributed by atoms with Crippen molar-refractivity contribution in [2.75, 3.05) is 19.8 Å². The lowest BCUT2D eigenvalue weighted by molar-refractivity contribution is 0.0656. The third kappa shape index (κ3) is 4.46. The third-order valence-corrected chi connectivity index (χ3v) is 4.95. The molecule has 6 nitrogen and oxygen atoms in total. The number of nitrogens with zero attached hydrogens (tertiary/aromatic N) is 1. The van der Waals surface area contributed by atoms with Crippen LogP contribution < -0.4 is 10.4 Å². The third-order valence-electron chi connectivity index (χ3n) is 4.95. The maximum absolute atomic E-state index is 12.1. The molecule has 0 amide bonds. The molecule has 0 bridgehead atoms. The second-order valence-electron chi connectivity index (χ2n) is 7.07. The van der Waals surface area contributed by atoms with E-state index in [0.717, 1.165) is 48.5 Å². The molecule has 3 heterocycles. The Morgan fingerprint density at radius 2 is 2.14 bits per heavy atom. The Bertz CT molecular complexity index is 957. The van der Waals surface area contributed by atoms with Crippen molar-refractivity contribution >= 4 is 11.0 Å². The minimum absolute atomic E-state index is 0.209. The van der Waals surface area contributed by atoms with Crippen molar-refractivity contribution in [3.8, 4) is 5.75 Å². The fourth-order valence-corrected chi connectivity index (χ4v) is 3.72. The van der Waals surface area contributed by atoms with Crippen LogP contribution >= 0.6 is 0 Å². The fourth-order valence-electron chi connectivity index (χ4n) is 3.72. The first kappa shape index (κ1) is 18.8. The van der Waals surface area contributed by atoms with E-state index in [-0.39, 0.29) is 11.7 Å². The highest BCUT2D eigenvalue weighted by Crippen LogP contribution is 2.25. The van der Waals surface area contributed by atoms with E-state index in [4.69, 9.17) is 18.3 Å². The minimum Gasteiger partial charge on any atom is -0.494 e. The van der Waals surface area contributed by atoms with E-state index in [0.29, 0.717) is 25.3 Å². The number of hydrogen-bond donors (Lipinski definition) is 0. The molecule has 1 saturated heterocycles. The van der Waals surface area contributed by atoms with Crippen LogP contribution in [0.25, 0.3) is 11.0 Å². The van der Waals surface area contributed by atoms with Gasteiger partial charge in [0.25, 0.3) is 0 Å². The molecule has 1 aliphatic rings. The zero-order chi connectivity index (χ0) is 19.3. The van der Waals surface area contributed by atoms with Gasteiger partial charge < -0.3 is 18.3 Å². The van der Waals surface area contributed by atoms with Gasteiger partial charge in [-0.05, 0) is 55.7 Å². The zero-order valence-electron chi connectivity index (χ0n) is 16.1. The minimum atomic E-state index is -0.346. The summed E-state index contributed by atoms with van der Waals surface area (Å²) in [6.45, 7) is 5.38. The molecule has 1 atom stereocenters. The fraction of sp³-hybridized carbons (Fsp3) is 0.409. The predicted octanol–water partition coefficient (Wildman–Crippen LogP) is 3.97. The van der Waals surface area contributed by atoms with Gasteiger partial charge in [0.15, 0.2) is 0 Å². The lowest BCUT2D eigenvalue weighted by atomic mass is 10.1. The summed E-state index contributed by atoms with van der Waals surface area (Å²) in [7, 11) is 0. The van der Waals surface area contributed by atoms with Crippen LogP contribution in [-0.2, 0) is 17.8 Å². The Morgan fingerprint density at radius 3 is 2.89 bits per heavy atom. The molecule has 28 heavy (non-hydrogen) atoms. The largest absolute Gasteiger partial charge is 0.494 e. The maximum Gasteiger partial charge on any atom is 0.336 e. The van der Waals surface area contributed by atoms with E-state index in [9.17, 15) is 4.79 Å². The summed E-state index contributed by atoms with van der Waals surface area (Å²) in [6.07, 6.45) is 4.04. The number of rotatable bonds is 8. The maximum atomic E-state index is 12.1. The van der Waals surface area contributed by atoms with Crippen LogP contribution in [-0.4, -0.2) is 30.8 Å². The molecular weight excluding hydrogens is 358 g/mol. The van der Waals surface area contributed by atoms with Crippen LogP contribution in [0, 0.1) is 0 Å². The summed E-state index contributed by atoms with van der Waals surface area (Å²) >= 11 is 0. The molecule has 0 radical (unpaired) electrons. The van der Waals surface area contributed by atoms with Crippen LogP contribution in [0.5, 0.6) is 5.75 Å². The number of furan rings is 1. The first-order valence-electron chi connectivity index (χ1n) is 9.77. The molecule has 4 rings (SSSR count). The van der Waals surface area contributed by atoms with E-state index in [1.165, 1.54) is 0 Å². The van der Waals surface area contributed by atoms with Gasteiger partial charge in [-0.1, -0.05) is 0 Å². The molecular formula is C22H25NO5. The summed E-state index contributed by atoms with van der Waals surface area (Å²) in [6, 6.07) is 11.0. The Labute approximate surface area is 163 Å². The molecule has 0 N–H and O–H groups in total. The smallest absolute Gasteiger partial charge is 0.336 e. The summed E-state index contributed by atoms with van der Waals surface area (Å²) in [5, 5.41) is 0.891. The molecule has 2 aromatic heterocycles. The second-order valence-corrected chi connectivity index (χ2v) is 7.07. The standard InChI is InChI=1S/C22H25NO5/c1-2-25-17-7-8-21-20(12-17)16(11-22(24)28-21)13-23(14-18-5-3-9-26-18)15-19-6-4-10-27-19/h3,5,7-9,11-12,19H,2,4,6,10,13-15H2,1H3/t19-/m0/s1. The monoisotopic (exact) mass is 383 g/mol. The van der Waals surface area contributed by atoms with Gasteiger partial charge in [0.2, 0.25) is 0 Å². The van der Waals surface area contributed by atoms with Crippen LogP contribution in [0.15, 0.2) is 56.3 Å². The number of fused-ring (bicyclic) bond motifs is 1. The number of ether oxygens (including phenoxy) is 2. The van der Waals surface area contributed by atoms with Crippen LogP contribution in [0.4, 0.5) is 0 Å². The molecule has 1 fully saturated rings. The van der Waals surface area contributed by atoms with Crippen molar-refractivity contribution in [1.82, 2.24) is 4.90 Å². The molecule has 6 heteroatoms. The summed E-state index contributed by atoms with van der Waals surface area (Å²) in [5.74, 6) is 1.65. The van der Waals surface area contributed by atoms with E-state index < -0.39 is 0 Å². The van der Waals surface area contributed by atoms with E-state index in [1.807, 2.05) is 31.2 Å². The van der Waals surface area contributed by atoms with Crippen molar-refractivity contribution < 1.29 is 18.3 Å². The average Bonchev–Trinajstić information content (AvgIpc) is 3.36. The predicted molar refractivity (Wildman–Crippen MR) is 105 cm³/mol. The lowest BCUT2D eigenvalue weighted by Crippen LogP contribution is -2.31. The molecule has 3 aromatic rings. The lowest BCUT2D eigenvalue weighted by Gasteiger charge is -2.24. The summed E-state index contributed by atoms with van der Waals surface area (Å²) in [4.78, 5) is 14.4.